The van der Waals surface area contributed by atoms with Gasteiger partial charge in [-0.3, -0.25) is 13.9 Å². The van der Waals surface area contributed by atoms with Crippen LogP contribution < -0.4 is 14.4 Å². The minimum atomic E-state index is -4.23. The Morgan fingerprint density at radius 2 is 1.68 bits per heavy atom. The third kappa shape index (κ3) is 8.24. The molecule has 8 nitrogen and oxygen atoms in total. The quantitative estimate of drug-likeness (QED) is 0.289. The lowest BCUT2D eigenvalue weighted by Gasteiger charge is -2.33. The molecule has 2 amide bonds. The average Bonchev–Trinajstić information content (AvgIpc) is 2.90. The van der Waals surface area contributed by atoms with Crippen LogP contribution in [0.25, 0.3) is 0 Å². The minimum Gasteiger partial charge on any atom is -0.496 e. The van der Waals surface area contributed by atoms with Gasteiger partial charge in [-0.15, -0.1) is 0 Å². The lowest BCUT2D eigenvalue weighted by atomic mass is 10.1. The molecule has 3 aromatic carbocycles. The molecule has 0 bridgehead atoms. The van der Waals surface area contributed by atoms with E-state index in [1.165, 1.54) is 30.2 Å². The highest BCUT2D eigenvalue weighted by Gasteiger charge is 2.34. The fourth-order valence-electron chi connectivity index (χ4n) is 4.04. The first-order chi connectivity index (χ1) is 19.1. The normalized spacial score (nSPS) is 12.4. The number of aryl methyl sites for hydroxylation is 1. The number of methoxy groups -OCH3 is 1. The molecule has 220 valence electrons. The van der Waals surface area contributed by atoms with Crippen LogP contribution in [-0.2, 0) is 26.2 Å². The second-order valence-corrected chi connectivity index (χ2v) is 13.8. The summed E-state index contributed by atoms with van der Waals surface area (Å²) in [4.78, 5) is 28.6. The van der Waals surface area contributed by atoms with Crippen molar-refractivity contribution in [2.75, 3.05) is 18.0 Å². The van der Waals surface area contributed by atoms with Gasteiger partial charge in [-0.2, -0.15) is 0 Å². The number of nitrogens with zero attached hydrogens (tertiary/aromatic N) is 2. The van der Waals surface area contributed by atoms with E-state index < -0.39 is 34.1 Å². The number of nitrogens with one attached hydrogen (secondary N) is 1. The minimum absolute atomic E-state index is 0.00705. The molecule has 11 heteroatoms. The van der Waals surface area contributed by atoms with E-state index in [0.29, 0.717) is 26.5 Å². The summed E-state index contributed by atoms with van der Waals surface area (Å²) >= 11 is 9.76. The smallest absolute Gasteiger partial charge is 0.264 e. The molecular weight excluding hydrogens is 630 g/mol. The number of amides is 2. The molecule has 0 aromatic heterocycles. The number of hydrogen-bond acceptors (Lipinski definition) is 5. The van der Waals surface area contributed by atoms with Crippen molar-refractivity contribution in [3.63, 3.8) is 0 Å². The Labute approximate surface area is 255 Å². The van der Waals surface area contributed by atoms with Gasteiger partial charge < -0.3 is 15.0 Å². The van der Waals surface area contributed by atoms with Gasteiger partial charge in [-0.1, -0.05) is 47.5 Å². The zero-order chi connectivity index (χ0) is 30.5. The summed E-state index contributed by atoms with van der Waals surface area (Å²) in [6.45, 7) is 8.49. The summed E-state index contributed by atoms with van der Waals surface area (Å²) in [5.41, 5.74) is 1.32. The van der Waals surface area contributed by atoms with Crippen LogP contribution in [0.4, 0.5) is 5.69 Å². The van der Waals surface area contributed by atoms with E-state index in [2.05, 4.69) is 21.2 Å². The Bertz CT molecular complexity index is 1510. The maximum atomic E-state index is 14.0. The van der Waals surface area contributed by atoms with Crippen LogP contribution in [0.5, 0.6) is 5.75 Å². The maximum Gasteiger partial charge on any atom is 0.264 e. The molecule has 0 fully saturated rings. The van der Waals surface area contributed by atoms with Gasteiger partial charge in [0.2, 0.25) is 11.8 Å². The zero-order valence-electron chi connectivity index (χ0n) is 23.9. The molecule has 3 aromatic rings. The number of anilines is 1. The first-order valence-electron chi connectivity index (χ1n) is 12.9. The summed E-state index contributed by atoms with van der Waals surface area (Å²) in [6.07, 6.45) is 0. The van der Waals surface area contributed by atoms with Gasteiger partial charge in [-0.05, 0) is 92.5 Å². The second kappa shape index (κ2) is 13.3. The number of sulfonamides is 1. The van der Waals surface area contributed by atoms with Gasteiger partial charge in [0.15, 0.2) is 0 Å². The van der Waals surface area contributed by atoms with Gasteiger partial charge in [0.05, 0.1) is 22.2 Å². The van der Waals surface area contributed by atoms with Crippen LogP contribution >= 0.6 is 27.5 Å². The molecule has 41 heavy (non-hydrogen) atoms. The first kappa shape index (κ1) is 32.4. The highest BCUT2D eigenvalue weighted by atomic mass is 79.9. The number of carbonyl (C=O) groups is 2. The molecule has 0 saturated heterocycles. The van der Waals surface area contributed by atoms with Gasteiger partial charge in [0.25, 0.3) is 10.0 Å². The topological polar surface area (TPSA) is 96.0 Å². The summed E-state index contributed by atoms with van der Waals surface area (Å²) in [5, 5.41) is 3.33. The molecule has 1 atom stereocenters. The van der Waals surface area contributed by atoms with Crippen molar-refractivity contribution >= 4 is 55.1 Å². The predicted octanol–water partition coefficient (Wildman–Crippen LogP) is 5.95. The summed E-state index contributed by atoms with van der Waals surface area (Å²) in [5.74, 6) is -0.480. The third-order valence-electron chi connectivity index (χ3n) is 6.28. The fourth-order valence-corrected chi connectivity index (χ4v) is 6.37. The maximum absolute atomic E-state index is 14.0. The highest BCUT2D eigenvalue weighted by molar-refractivity contribution is 9.10. The first-order valence-corrected chi connectivity index (χ1v) is 15.5. The number of carbonyl (C=O) groups excluding carboxylic acids is 2. The largest absolute Gasteiger partial charge is 0.496 e. The summed E-state index contributed by atoms with van der Waals surface area (Å²) < 4.78 is 34.8. The van der Waals surface area contributed by atoms with Crippen LogP contribution in [-0.4, -0.2) is 50.4 Å². The molecular formula is C30H35BrClN3O5S. The molecule has 3 rings (SSSR count). The Morgan fingerprint density at radius 3 is 2.24 bits per heavy atom. The van der Waals surface area contributed by atoms with Crippen molar-refractivity contribution in [1.82, 2.24) is 10.2 Å². The van der Waals surface area contributed by atoms with Gasteiger partial charge in [-0.25, -0.2) is 8.42 Å². The lowest BCUT2D eigenvalue weighted by molar-refractivity contribution is -0.140. The molecule has 0 radical (unpaired) electrons. The number of rotatable bonds is 10. The Hall–Kier alpha value is -3.08. The van der Waals surface area contributed by atoms with E-state index in [4.69, 9.17) is 16.3 Å². The van der Waals surface area contributed by atoms with Crippen molar-refractivity contribution in [1.29, 1.82) is 0 Å². The van der Waals surface area contributed by atoms with Gasteiger partial charge in [0, 0.05) is 17.1 Å². The number of halogens is 2. The number of hydrogen-bond donors (Lipinski definition) is 1. The lowest BCUT2D eigenvalue weighted by Crippen LogP contribution is -2.54. The van der Waals surface area contributed by atoms with Crippen molar-refractivity contribution in [2.24, 2.45) is 0 Å². The molecule has 0 spiro atoms. The SMILES string of the molecule is COc1ccc(S(=O)(=O)N(CC(=O)N(Cc2ccccc2Cl)[C@H](C)C(=O)NC(C)(C)C)c2ccc(C)cc2)cc1Br. The molecule has 0 aliphatic rings. The van der Waals surface area contributed by atoms with Crippen molar-refractivity contribution in [3.8, 4) is 5.75 Å². The molecule has 0 aliphatic heterocycles. The fraction of sp³-hybridized carbons (Fsp3) is 0.333. The third-order valence-corrected chi connectivity index (χ3v) is 9.03. The number of benzene rings is 3. The number of ether oxygens (including phenoxy) is 1. The van der Waals surface area contributed by atoms with E-state index in [-0.39, 0.29) is 17.3 Å². The summed E-state index contributed by atoms with van der Waals surface area (Å²) in [7, 11) is -2.74. The van der Waals surface area contributed by atoms with Crippen LogP contribution in [0.3, 0.4) is 0 Å². The van der Waals surface area contributed by atoms with Crippen LogP contribution in [0.2, 0.25) is 5.02 Å². The Kier molecular flexibility index (Phi) is 10.5. The van der Waals surface area contributed by atoms with Crippen LogP contribution in [0, 0.1) is 6.92 Å². The van der Waals surface area contributed by atoms with E-state index >= 15 is 0 Å². The van der Waals surface area contributed by atoms with E-state index in [9.17, 15) is 18.0 Å². The molecule has 1 N–H and O–H groups in total. The van der Waals surface area contributed by atoms with E-state index in [0.717, 1.165) is 9.87 Å². The molecule has 0 unspecified atom stereocenters. The zero-order valence-corrected chi connectivity index (χ0v) is 27.1. The standard InChI is InChI=1S/C30H35BrClN3O5S/c1-20-11-13-23(14-12-20)35(41(38,39)24-15-16-27(40-6)25(31)17-24)19-28(36)34(18-22-9-7-8-10-26(22)32)21(2)29(37)33-30(3,4)5/h7-17,21H,18-19H2,1-6H3,(H,33,37)/t21-/m1/s1. The van der Waals surface area contributed by atoms with Crippen molar-refractivity contribution in [3.05, 3.63) is 87.4 Å². The Morgan fingerprint density at radius 1 is 1.05 bits per heavy atom. The van der Waals surface area contributed by atoms with Crippen LogP contribution in [0.1, 0.15) is 38.8 Å². The van der Waals surface area contributed by atoms with Crippen LogP contribution in [0.15, 0.2) is 76.1 Å². The molecule has 0 heterocycles. The van der Waals surface area contributed by atoms with E-state index in [1.807, 2.05) is 27.7 Å². The Balaban J connectivity index is 2.07. The van der Waals surface area contributed by atoms with Crippen molar-refractivity contribution < 1.29 is 22.7 Å². The highest BCUT2D eigenvalue weighted by Crippen LogP contribution is 2.31. The molecule has 0 aliphatic carbocycles. The summed E-state index contributed by atoms with van der Waals surface area (Å²) in [6, 6.07) is 17.3. The predicted molar refractivity (Wildman–Crippen MR) is 166 cm³/mol. The average molecular weight is 665 g/mol. The van der Waals surface area contributed by atoms with Gasteiger partial charge in [0.1, 0.15) is 18.3 Å². The monoisotopic (exact) mass is 663 g/mol. The molecule has 0 saturated carbocycles. The van der Waals surface area contributed by atoms with Crippen molar-refractivity contribution in [2.45, 2.75) is 57.6 Å². The van der Waals surface area contributed by atoms with Gasteiger partial charge >= 0.3 is 0 Å². The second-order valence-electron chi connectivity index (χ2n) is 10.7. The van der Waals surface area contributed by atoms with E-state index in [1.54, 1.807) is 55.5 Å².